The van der Waals surface area contributed by atoms with E-state index in [1.54, 1.807) is 0 Å². The third kappa shape index (κ3) is 2.04. The van der Waals surface area contributed by atoms with Gasteiger partial charge in [-0.2, -0.15) is 5.10 Å². The third-order valence-electron chi connectivity index (χ3n) is 1.98. The molecule has 0 saturated carbocycles. The number of ether oxygens (including phenoxy) is 3. The summed E-state index contributed by atoms with van der Waals surface area (Å²) in [4.78, 5) is 11.3. The average Bonchev–Trinajstić information content (AvgIpc) is 2.23. The molecule has 2 rings (SSSR count). The van der Waals surface area contributed by atoms with Crippen LogP contribution in [-0.4, -0.2) is 42.6 Å². The molecule has 0 atom stereocenters. The molecule has 0 spiro atoms. The summed E-state index contributed by atoms with van der Waals surface area (Å²) in [6.07, 6.45) is 1.36. The summed E-state index contributed by atoms with van der Waals surface area (Å²) in [6, 6.07) is 1.51. The molecule has 1 aliphatic heterocycles. The first-order valence-electron chi connectivity index (χ1n) is 4.45. The minimum atomic E-state index is -0.486. The van der Waals surface area contributed by atoms with Crippen molar-refractivity contribution in [3.8, 4) is 5.88 Å². The van der Waals surface area contributed by atoms with Crippen LogP contribution in [0.15, 0.2) is 12.3 Å². The van der Waals surface area contributed by atoms with E-state index in [-0.39, 0.29) is 17.5 Å². The minimum Gasteiger partial charge on any atom is -0.468 e. The van der Waals surface area contributed by atoms with Crippen molar-refractivity contribution >= 4 is 5.97 Å². The van der Waals surface area contributed by atoms with Gasteiger partial charge in [0.15, 0.2) is 0 Å². The van der Waals surface area contributed by atoms with Crippen LogP contribution in [0.3, 0.4) is 0 Å². The summed E-state index contributed by atoms with van der Waals surface area (Å²) in [5.74, 6) is -0.294. The van der Waals surface area contributed by atoms with Crippen molar-refractivity contribution in [1.82, 2.24) is 10.2 Å². The number of carbonyl (C=O) groups is 1. The van der Waals surface area contributed by atoms with Gasteiger partial charge in [-0.1, -0.05) is 0 Å². The number of nitrogens with zero attached hydrogens (tertiary/aromatic N) is 2. The molecule has 1 fully saturated rings. The van der Waals surface area contributed by atoms with E-state index in [1.165, 1.54) is 19.4 Å². The van der Waals surface area contributed by atoms with E-state index < -0.39 is 5.97 Å². The van der Waals surface area contributed by atoms with E-state index >= 15 is 0 Å². The Morgan fingerprint density at radius 2 is 2.40 bits per heavy atom. The number of hydrogen-bond acceptors (Lipinski definition) is 6. The maximum Gasteiger partial charge on any atom is 0.343 e. The second-order valence-corrected chi connectivity index (χ2v) is 3.02. The smallest absolute Gasteiger partial charge is 0.343 e. The van der Waals surface area contributed by atoms with E-state index in [2.05, 4.69) is 14.9 Å². The Kier molecular flexibility index (Phi) is 2.77. The fourth-order valence-corrected chi connectivity index (χ4v) is 1.11. The predicted octanol–water partition coefficient (Wildman–Crippen LogP) is 0.0408. The summed E-state index contributed by atoms with van der Waals surface area (Å²) >= 11 is 0. The molecule has 1 aromatic rings. The second-order valence-electron chi connectivity index (χ2n) is 3.02. The van der Waals surface area contributed by atoms with E-state index in [9.17, 15) is 4.79 Å². The van der Waals surface area contributed by atoms with Crippen molar-refractivity contribution in [2.24, 2.45) is 0 Å². The molecule has 1 aromatic heterocycles. The molecular weight excluding hydrogens is 200 g/mol. The summed E-state index contributed by atoms with van der Waals surface area (Å²) in [7, 11) is 1.30. The molecule has 80 valence electrons. The molecule has 1 saturated heterocycles. The normalized spacial score (nSPS) is 15.5. The largest absolute Gasteiger partial charge is 0.468 e. The van der Waals surface area contributed by atoms with Crippen LogP contribution in [0, 0.1) is 0 Å². The summed E-state index contributed by atoms with van der Waals surface area (Å²) < 4.78 is 14.9. The van der Waals surface area contributed by atoms with Gasteiger partial charge in [0, 0.05) is 0 Å². The molecule has 1 aliphatic rings. The van der Waals surface area contributed by atoms with Crippen LogP contribution in [0.25, 0.3) is 0 Å². The lowest BCUT2D eigenvalue weighted by atomic mass is 10.3. The van der Waals surface area contributed by atoms with Gasteiger partial charge in [-0.25, -0.2) is 4.79 Å². The van der Waals surface area contributed by atoms with Crippen molar-refractivity contribution in [2.75, 3.05) is 20.3 Å². The standard InChI is InChI=1S/C9H10N2O4/c1-13-9(12)7-2-3-10-11-8(7)15-6-4-14-5-6/h2-3,6H,4-5H2,1H3. The van der Waals surface area contributed by atoms with Gasteiger partial charge in [-0.3, -0.25) is 0 Å². The number of methoxy groups -OCH3 is 1. The van der Waals surface area contributed by atoms with Crippen molar-refractivity contribution in [1.29, 1.82) is 0 Å². The van der Waals surface area contributed by atoms with Crippen LogP contribution in [0.4, 0.5) is 0 Å². The van der Waals surface area contributed by atoms with E-state index in [0.29, 0.717) is 13.2 Å². The zero-order chi connectivity index (χ0) is 10.7. The van der Waals surface area contributed by atoms with Gasteiger partial charge in [0.1, 0.15) is 11.7 Å². The highest BCUT2D eigenvalue weighted by Gasteiger charge is 2.24. The fourth-order valence-electron chi connectivity index (χ4n) is 1.11. The number of carbonyl (C=O) groups excluding carboxylic acids is 1. The molecule has 0 aliphatic carbocycles. The number of rotatable bonds is 3. The summed E-state index contributed by atoms with van der Waals surface area (Å²) in [5, 5.41) is 7.39. The Bertz CT molecular complexity index is 365. The highest BCUT2D eigenvalue weighted by atomic mass is 16.6. The minimum absolute atomic E-state index is 0.0508. The lowest BCUT2D eigenvalue weighted by molar-refractivity contribution is -0.0819. The summed E-state index contributed by atoms with van der Waals surface area (Å²) in [6.45, 7) is 1.02. The average molecular weight is 210 g/mol. The molecule has 6 heteroatoms. The third-order valence-corrected chi connectivity index (χ3v) is 1.98. The molecule has 0 radical (unpaired) electrons. The van der Waals surface area contributed by atoms with E-state index in [4.69, 9.17) is 9.47 Å². The number of esters is 1. The predicted molar refractivity (Wildman–Crippen MR) is 48.6 cm³/mol. The van der Waals surface area contributed by atoms with Gasteiger partial charge in [-0.15, -0.1) is 5.10 Å². The molecule has 0 unspecified atom stereocenters. The molecule has 0 N–H and O–H groups in total. The van der Waals surface area contributed by atoms with E-state index in [1.807, 2.05) is 0 Å². The van der Waals surface area contributed by atoms with Crippen molar-refractivity contribution < 1.29 is 19.0 Å². The topological polar surface area (TPSA) is 70.5 Å². The Hall–Kier alpha value is -1.69. The zero-order valence-corrected chi connectivity index (χ0v) is 8.17. The van der Waals surface area contributed by atoms with Gasteiger partial charge in [0.05, 0.1) is 26.5 Å². The lowest BCUT2D eigenvalue weighted by Gasteiger charge is -2.26. The molecule has 6 nitrogen and oxygen atoms in total. The van der Waals surface area contributed by atoms with Crippen molar-refractivity contribution in [3.63, 3.8) is 0 Å². The second kappa shape index (κ2) is 4.22. The maximum atomic E-state index is 11.3. The highest BCUT2D eigenvalue weighted by Crippen LogP contribution is 2.18. The van der Waals surface area contributed by atoms with Gasteiger partial charge >= 0.3 is 5.97 Å². The molecule has 0 amide bonds. The Balaban J connectivity index is 2.16. The van der Waals surface area contributed by atoms with Crippen LogP contribution in [-0.2, 0) is 9.47 Å². The van der Waals surface area contributed by atoms with Crippen molar-refractivity contribution in [3.05, 3.63) is 17.8 Å². The zero-order valence-electron chi connectivity index (χ0n) is 8.17. The molecule has 0 aromatic carbocycles. The molecular formula is C9H10N2O4. The van der Waals surface area contributed by atoms with Gasteiger partial charge in [0.2, 0.25) is 5.88 Å². The SMILES string of the molecule is COC(=O)c1ccnnc1OC1COC1. The molecule has 2 heterocycles. The molecule has 15 heavy (non-hydrogen) atoms. The Labute approximate surface area is 86.2 Å². The number of aromatic nitrogens is 2. The van der Waals surface area contributed by atoms with E-state index in [0.717, 1.165) is 0 Å². The Morgan fingerprint density at radius 1 is 1.60 bits per heavy atom. The van der Waals surface area contributed by atoms with Crippen LogP contribution < -0.4 is 4.74 Å². The lowest BCUT2D eigenvalue weighted by Crippen LogP contribution is -2.39. The number of hydrogen-bond donors (Lipinski definition) is 0. The van der Waals surface area contributed by atoms with Crippen LogP contribution in [0.5, 0.6) is 5.88 Å². The van der Waals surface area contributed by atoms with Gasteiger partial charge in [0.25, 0.3) is 0 Å². The van der Waals surface area contributed by atoms with Crippen LogP contribution in [0.1, 0.15) is 10.4 Å². The van der Waals surface area contributed by atoms with Gasteiger partial charge < -0.3 is 14.2 Å². The van der Waals surface area contributed by atoms with Crippen LogP contribution >= 0.6 is 0 Å². The first-order chi connectivity index (χ1) is 7.31. The van der Waals surface area contributed by atoms with Gasteiger partial charge in [-0.05, 0) is 6.07 Å². The summed E-state index contributed by atoms with van der Waals surface area (Å²) in [5.41, 5.74) is 0.277. The monoisotopic (exact) mass is 210 g/mol. The first kappa shape index (κ1) is 9.85. The van der Waals surface area contributed by atoms with Crippen LogP contribution in [0.2, 0.25) is 0 Å². The van der Waals surface area contributed by atoms with Crippen molar-refractivity contribution in [2.45, 2.75) is 6.10 Å². The maximum absolute atomic E-state index is 11.3. The molecule has 0 bridgehead atoms. The first-order valence-corrected chi connectivity index (χ1v) is 4.45. The Morgan fingerprint density at radius 3 is 3.00 bits per heavy atom. The highest BCUT2D eigenvalue weighted by molar-refractivity contribution is 5.91. The fraction of sp³-hybridized carbons (Fsp3) is 0.444. The quantitative estimate of drug-likeness (QED) is 0.656.